The summed E-state index contributed by atoms with van der Waals surface area (Å²) in [7, 11) is 0. The molecule has 20 heavy (non-hydrogen) atoms. The van der Waals surface area contributed by atoms with Gasteiger partial charge in [-0.25, -0.2) is 0 Å². The van der Waals surface area contributed by atoms with Gasteiger partial charge in [0.05, 0.1) is 0 Å². The highest BCUT2D eigenvalue weighted by molar-refractivity contribution is 5.80. The van der Waals surface area contributed by atoms with Crippen molar-refractivity contribution in [1.82, 2.24) is 4.57 Å². The first-order valence-electron chi connectivity index (χ1n) is 7.46. The van der Waals surface area contributed by atoms with Crippen LogP contribution in [0.4, 0.5) is 0 Å². The summed E-state index contributed by atoms with van der Waals surface area (Å²) in [6.07, 6.45) is 6.05. The van der Waals surface area contributed by atoms with Gasteiger partial charge in [0.1, 0.15) is 0 Å². The number of nitrogens with zero attached hydrogens (tertiary/aromatic N) is 1. The Kier molecular flexibility index (Phi) is 2.66. The lowest BCUT2D eigenvalue weighted by Crippen LogP contribution is -1.99. The van der Waals surface area contributed by atoms with Gasteiger partial charge in [-0.15, -0.1) is 0 Å². The zero-order chi connectivity index (χ0) is 13.5. The number of fused-ring (bicyclic) bond motifs is 2. The molecule has 0 saturated heterocycles. The molecule has 0 bridgehead atoms. The predicted octanol–water partition coefficient (Wildman–Crippen LogP) is 4.49. The average molecular weight is 261 g/mol. The van der Waals surface area contributed by atoms with Gasteiger partial charge in [-0.1, -0.05) is 30.3 Å². The van der Waals surface area contributed by atoms with Gasteiger partial charge < -0.3 is 4.57 Å². The summed E-state index contributed by atoms with van der Waals surface area (Å²) in [4.78, 5) is 0. The van der Waals surface area contributed by atoms with E-state index in [1.54, 1.807) is 11.1 Å². The molecule has 100 valence electrons. The maximum absolute atomic E-state index is 2.41. The SMILES string of the molecule is Cc1ccc2ccn(Cc3ccc4c(c3)CCC4)c2c1. The van der Waals surface area contributed by atoms with Crippen molar-refractivity contribution in [3.05, 3.63) is 70.9 Å². The van der Waals surface area contributed by atoms with Crippen molar-refractivity contribution in [2.45, 2.75) is 32.7 Å². The molecular weight excluding hydrogens is 242 g/mol. The van der Waals surface area contributed by atoms with E-state index in [0.717, 1.165) is 6.54 Å². The summed E-state index contributed by atoms with van der Waals surface area (Å²) >= 11 is 0. The minimum absolute atomic E-state index is 0.972. The lowest BCUT2D eigenvalue weighted by atomic mass is 10.1. The summed E-state index contributed by atoms with van der Waals surface area (Å²) in [5, 5.41) is 1.33. The molecule has 0 aliphatic heterocycles. The van der Waals surface area contributed by atoms with Crippen LogP contribution in [0.2, 0.25) is 0 Å². The first kappa shape index (κ1) is 11.8. The monoisotopic (exact) mass is 261 g/mol. The molecule has 0 radical (unpaired) electrons. The summed E-state index contributed by atoms with van der Waals surface area (Å²) in [6.45, 7) is 3.13. The minimum Gasteiger partial charge on any atom is -0.343 e. The summed E-state index contributed by atoms with van der Waals surface area (Å²) in [5.74, 6) is 0. The fraction of sp³-hybridized carbons (Fsp3) is 0.263. The Bertz CT molecular complexity index is 780. The molecular formula is C19H19N. The third-order valence-corrected chi connectivity index (χ3v) is 4.45. The van der Waals surface area contributed by atoms with Gasteiger partial charge in [-0.2, -0.15) is 0 Å². The van der Waals surface area contributed by atoms with Crippen molar-refractivity contribution < 1.29 is 0 Å². The van der Waals surface area contributed by atoms with Crippen molar-refractivity contribution in [1.29, 1.82) is 0 Å². The second-order valence-electron chi connectivity index (χ2n) is 5.96. The quantitative estimate of drug-likeness (QED) is 0.640. The third kappa shape index (κ3) is 1.94. The van der Waals surface area contributed by atoms with E-state index in [2.05, 4.69) is 60.2 Å². The molecule has 0 spiro atoms. The molecule has 1 heterocycles. The smallest absolute Gasteiger partial charge is 0.0486 e. The van der Waals surface area contributed by atoms with E-state index in [4.69, 9.17) is 0 Å². The average Bonchev–Trinajstić information content (AvgIpc) is 3.05. The van der Waals surface area contributed by atoms with Gasteiger partial charge in [-0.3, -0.25) is 0 Å². The number of hydrogen-bond acceptors (Lipinski definition) is 0. The maximum Gasteiger partial charge on any atom is 0.0486 e. The lowest BCUT2D eigenvalue weighted by Gasteiger charge is -2.08. The highest BCUT2D eigenvalue weighted by atomic mass is 14.9. The van der Waals surface area contributed by atoms with Crippen LogP contribution in [0.1, 0.15) is 28.7 Å². The van der Waals surface area contributed by atoms with Gasteiger partial charge >= 0.3 is 0 Å². The molecule has 0 saturated carbocycles. The van der Waals surface area contributed by atoms with Crippen LogP contribution < -0.4 is 0 Å². The van der Waals surface area contributed by atoms with Crippen molar-refractivity contribution in [2.75, 3.05) is 0 Å². The van der Waals surface area contributed by atoms with E-state index in [1.807, 2.05) is 0 Å². The standard InChI is InChI=1S/C19H19N/c1-14-5-7-17-9-10-20(19(17)11-14)13-15-6-8-16-3-2-4-18(16)12-15/h5-12H,2-4,13H2,1H3. The van der Waals surface area contributed by atoms with Crippen LogP contribution in [0, 0.1) is 6.92 Å². The van der Waals surface area contributed by atoms with Crippen LogP contribution in [0.25, 0.3) is 10.9 Å². The summed E-state index contributed by atoms with van der Waals surface area (Å²) in [5.41, 5.74) is 7.21. The van der Waals surface area contributed by atoms with Crippen molar-refractivity contribution in [3.8, 4) is 0 Å². The second-order valence-corrected chi connectivity index (χ2v) is 5.96. The first-order chi connectivity index (χ1) is 9.79. The molecule has 0 unspecified atom stereocenters. The minimum atomic E-state index is 0.972. The van der Waals surface area contributed by atoms with Gasteiger partial charge in [0.25, 0.3) is 0 Å². The molecule has 1 aliphatic carbocycles. The Morgan fingerprint density at radius 1 is 0.950 bits per heavy atom. The number of rotatable bonds is 2. The van der Waals surface area contributed by atoms with Gasteiger partial charge in [0.2, 0.25) is 0 Å². The molecule has 4 rings (SSSR count). The van der Waals surface area contributed by atoms with E-state index >= 15 is 0 Å². The van der Waals surface area contributed by atoms with E-state index in [-0.39, 0.29) is 0 Å². The molecule has 3 aromatic rings. The summed E-state index contributed by atoms with van der Waals surface area (Å²) < 4.78 is 2.36. The van der Waals surface area contributed by atoms with Crippen molar-refractivity contribution in [3.63, 3.8) is 0 Å². The molecule has 1 heteroatoms. The number of hydrogen-bond donors (Lipinski definition) is 0. The van der Waals surface area contributed by atoms with E-state index in [1.165, 1.54) is 41.3 Å². The Hall–Kier alpha value is -2.02. The first-order valence-corrected chi connectivity index (χ1v) is 7.46. The zero-order valence-electron chi connectivity index (χ0n) is 11.9. The molecule has 1 nitrogen and oxygen atoms in total. The summed E-state index contributed by atoms with van der Waals surface area (Å²) in [6, 6.07) is 15.9. The van der Waals surface area contributed by atoms with Crippen molar-refractivity contribution in [2.24, 2.45) is 0 Å². The molecule has 1 aromatic heterocycles. The highest BCUT2D eigenvalue weighted by Gasteiger charge is 2.11. The largest absolute Gasteiger partial charge is 0.343 e. The number of aryl methyl sites for hydroxylation is 3. The lowest BCUT2D eigenvalue weighted by molar-refractivity contribution is 0.834. The van der Waals surface area contributed by atoms with Crippen molar-refractivity contribution >= 4 is 10.9 Å². The topological polar surface area (TPSA) is 4.93 Å². The fourth-order valence-electron chi connectivity index (χ4n) is 3.35. The Labute approximate surface area is 119 Å². The number of benzene rings is 2. The normalized spacial score (nSPS) is 13.8. The van der Waals surface area contributed by atoms with E-state index in [0.29, 0.717) is 0 Å². The van der Waals surface area contributed by atoms with E-state index < -0.39 is 0 Å². The molecule has 2 aromatic carbocycles. The molecule has 0 atom stereocenters. The zero-order valence-corrected chi connectivity index (χ0v) is 11.9. The van der Waals surface area contributed by atoms with Crippen LogP contribution in [-0.2, 0) is 19.4 Å². The Morgan fingerprint density at radius 2 is 1.85 bits per heavy atom. The van der Waals surface area contributed by atoms with Crippen LogP contribution in [-0.4, -0.2) is 4.57 Å². The van der Waals surface area contributed by atoms with Crippen LogP contribution in [0.5, 0.6) is 0 Å². The highest BCUT2D eigenvalue weighted by Crippen LogP contribution is 2.24. The molecule has 0 N–H and O–H groups in total. The number of aromatic nitrogens is 1. The molecule has 0 amide bonds. The van der Waals surface area contributed by atoms with Gasteiger partial charge in [0.15, 0.2) is 0 Å². The van der Waals surface area contributed by atoms with Crippen LogP contribution in [0.3, 0.4) is 0 Å². The predicted molar refractivity (Wildman–Crippen MR) is 84.2 cm³/mol. The third-order valence-electron chi connectivity index (χ3n) is 4.45. The molecule has 0 fully saturated rings. The van der Waals surface area contributed by atoms with Crippen LogP contribution >= 0.6 is 0 Å². The maximum atomic E-state index is 2.41. The Morgan fingerprint density at radius 3 is 2.80 bits per heavy atom. The molecule has 1 aliphatic rings. The fourth-order valence-corrected chi connectivity index (χ4v) is 3.35. The second kappa shape index (κ2) is 4.52. The Balaban J connectivity index is 1.72. The van der Waals surface area contributed by atoms with Crippen LogP contribution in [0.15, 0.2) is 48.7 Å². The van der Waals surface area contributed by atoms with Gasteiger partial charge in [-0.05, 0) is 66.0 Å². The van der Waals surface area contributed by atoms with E-state index in [9.17, 15) is 0 Å². The van der Waals surface area contributed by atoms with Gasteiger partial charge in [0, 0.05) is 18.3 Å².